The summed E-state index contributed by atoms with van der Waals surface area (Å²) in [6.45, 7) is 0.961. The van der Waals surface area contributed by atoms with Crippen LogP contribution in [-0.4, -0.2) is 39.4 Å². The molecule has 1 aliphatic heterocycles. The van der Waals surface area contributed by atoms with E-state index >= 15 is 0 Å². The molecule has 1 aliphatic carbocycles. The normalized spacial score (nSPS) is 20.2. The van der Waals surface area contributed by atoms with E-state index in [0.29, 0.717) is 48.5 Å². The topological polar surface area (TPSA) is 76.4 Å². The van der Waals surface area contributed by atoms with Crippen molar-refractivity contribution in [2.45, 2.75) is 57.1 Å². The molecule has 7 heteroatoms. The first kappa shape index (κ1) is 18.7. The molecular weight excluding hydrogens is 366 g/mol. The molecule has 27 heavy (non-hydrogen) atoms. The molecule has 0 aromatic carbocycles. The zero-order chi connectivity index (χ0) is 18.9. The monoisotopic (exact) mass is 391 g/mol. The van der Waals surface area contributed by atoms with Crippen molar-refractivity contribution in [1.29, 1.82) is 0 Å². The molecule has 0 radical (unpaired) electrons. The number of carbonyl (C=O) groups is 1. The third kappa shape index (κ3) is 4.13. The Morgan fingerprint density at radius 2 is 2.07 bits per heavy atom. The van der Waals surface area contributed by atoms with E-state index in [2.05, 4.69) is 10.3 Å². The average molecular weight is 392 g/mol. The second-order valence-electron chi connectivity index (χ2n) is 7.99. The van der Waals surface area contributed by atoms with Crippen molar-refractivity contribution in [1.82, 2.24) is 9.55 Å². The van der Waals surface area contributed by atoms with Crippen LogP contribution in [0.1, 0.15) is 44.9 Å². The summed E-state index contributed by atoms with van der Waals surface area (Å²) in [5.41, 5.74) is 0.426. The molecular formula is C20H26ClN3O3. The highest BCUT2D eigenvalue weighted by Crippen LogP contribution is 2.33. The minimum absolute atomic E-state index is 0.0200. The van der Waals surface area contributed by atoms with Crippen LogP contribution in [0.3, 0.4) is 0 Å². The lowest BCUT2D eigenvalue weighted by Gasteiger charge is -2.36. The van der Waals surface area contributed by atoms with Gasteiger partial charge in [0.05, 0.1) is 35.9 Å². The third-order valence-corrected chi connectivity index (χ3v) is 5.95. The van der Waals surface area contributed by atoms with Gasteiger partial charge in [-0.25, -0.2) is 4.98 Å². The van der Waals surface area contributed by atoms with Gasteiger partial charge in [-0.1, -0.05) is 37.3 Å². The van der Waals surface area contributed by atoms with E-state index in [0.717, 1.165) is 18.2 Å². The van der Waals surface area contributed by atoms with Crippen LogP contribution in [0, 0.1) is 5.92 Å². The zero-order valence-electron chi connectivity index (χ0n) is 15.4. The highest BCUT2D eigenvalue weighted by molar-refractivity contribution is 6.36. The number of nitrogens with zero attached hydrogens (tertiary/aromatic N) is 2. The van der Waals surface area contributed by atoms with E-state index in [1.165, 1.54) is 25.7 Å². The summed E-state index contributed by atoms with van der Waals surface area (Å²) in [5, 5.41) is 14.7. The van der Waals surface area contributed by atoms with Crippen molar-refractivity contribution in [3.8, 4) is 0 Å². The SMILES string of the molecule is O=C(CC1CCCCCC1)Nc1cn(CC2(O)COC2)c2nccc(Cl)c12. The molecule has 0 unspecified atom stereocenters. The van der Waals surface area contributed by atoms with E-state index in [4.69, 9.17) is 16.3 Å². The van der Waals surface area contributed by atoms with Crippen LogP contribution in [0.2, 0.25) is 5.02 Å². The number of ether oxygens (including phenoxy) is 1. The van der Waals surface area contributed by atoms with Crippen molar-refractivity contribution >= 4 is 34.2 Å². The number of anilines is 1. The van der Waals surface area contributed by atoms with Crippen LogP contribution >= 0.6 is 11.6 Å². The van der Waals surface area contributed by atoms with Gasteiger partial charge in [-0.05, 0) is 24.8 Å². The maximum Gasteiger partial charge on any atom is 0.224 e. The molecule has 2 fully saturated rings. The van der Waals surface area contributed by atoms with E-state index in [1.54, 1.807) is 12.3 Å². The summed E-state index contributed by atoms with van der Waals surface area (Å²) in [6, 6.07) is 1.72. The van der Waals surface area contributed by atoms with Gasteiger partial charge in [0, 0.05) is 18.8 Å². The summed E-state index contributed by atoms with van der Waals surface area (Å²) < 4.78 is 6.98. The first-order valence-electron chi connectivity index (χ1n) is 9.77. The van der Waals surface area contributed by atoms with Crippen LogP contribution in [0.15, 0.2) is 18.5 Å². The van der Waals surface area contributed by atoms with Gasteiger partial charge in [0.15, 0.2) is 0 Å². The average Bonchev–Trinajstić information content (AvgIpc) is 2.78. The Bertz CT molecular complexity index is 823. The second kappa shape index (κ2) is 7.78. The number of fused-ring (bicyclic) bond motifs is 1. The quantitative estimate of drug-likeness (QED) is 0.761. The molecule has 1 saturated heterocycles. The maximum absolute atomic E-state index is 12.7. The maximum atomic E-state index is 12.7. The molecule has 1 amide bonds. The summed E-state index contributed by atoms with van der Waals surface area (Å²) >= 11 is 6.40. The molecule has 2 aromatic heterocycles. The molecule has 0 bridgehead atoms. The Kier molecular flexibility index (Phi) is 5.39. The number of rotatable bonds is 5. The summed E-state index contributed by atoms with van der Waals surface area (Å²) in [5.74, 6) is 0.480. The first-order chi connectivity index (χ1) is 13.0. The largest absolute Gasteiger partial charge is 0.383 e. The number of hydrogen-bond donors (Lipinski definition) is 2. The van der Waals surface area contributed by atoms with Gasteiger partial charge >= 0.3 is 0 Å². The van der Waals surface area contributed by atoms with Gasteiger partial charge < -0.3 is 19.7 Å². The number of carbonyl (C=O) groups excluding carboxylic acids is 1. The van der Waals surface area contributed by atoms with Crippen LogP contribution in [0.5, 0.6) is 0 Å². The Hall–Kier alpha value is -1.63. The molecule has 2 N–H and O–H groups in total. The fourth-order valence-electron chi connectivity index (χ4n) is 4.17. The second-order valence-corrected chi connectivity index (χ2v) is 8.40. The minimum atomic E-state index is -0.891. The lowest BCUT2D eigenvalue weighted by Crippen LogP contribution is -2.52. The van der Waals surface area contributed by atoms with Crippen LogP contribution in [0.25, 0.3) is 11.0 Å². The fraction of sp³-hybridized carbons (Fsp3) is 0.600. The van der Waals surface area contributed by atoms with Crippen LogP contribution < -0.4 is 5.32 Å². The summed E-state index contributed by atoms with van der Waals surface area (Å²) in [7, 11) is 0. The molecule has 146 valence electrons. The van der Waals surface area contributed by atoms with E-state index in [-0.39, 0.29) is 5.91 Å². The highest BCUT2D eigenvalue weighted by atomic mass is 35.5. The van der Waals surface area contributed by atoms with Gasteiger partial charge in [0.2, 0.25) is 5.91 Å². The van der Waals surface area contributed by atoms with Gasteiger partial charge in [-0.2, -0.15) is 0 Å². The molecule has 2 aromatic rings. The minimum Gasteiger partial charge on any atom is -0.383 e. The number of nitrogens with one attached hydrogen (secondary N) is 1. The number of hydrogen-bond acceptors (Lipinski definition) is 4. The predicted molar refractivity (Wildman–Crippen MR) is 105 cm³/mol. The summed E-state index contributed by atoms with van der Waals surface area (Å²) in [6.07, 6.45) is 11.3. The Morgan fingerprint density at radius 3 is 2.74 bits per heavy atom. The molecule has 4 rings (SSSR count). The van der Waals surface area contributed by atoms with Gasteiger partial charge in [0.25, 0.3) is 0 Å². The molecule has 1 saturated carbocycles. The predicted octanol–water partition coefficient (Wildman–Crippen LogP) is 3.75. The number of aromatic nitrogens is 2. The zero-order valence-corrected chi connectivity index (χ0v) is 16.2. The van der Waals surface area contributed by atoms with Crippen molar-refractivity contribution in [3.05, 3.63) is 23.5 Å². The van der Waals surface area contributed by atoms with E-state index in [9.17, 15) is 9.90 Å². The first-order valence-corrected chi connectivity index (χ1v) is 10.2. The standard InChI is InChI=1S/C20H26ClN3O3/c21-15-7-8-22-19-18(15)16(10-24(19)11-20(26)12-27-13-20)23-17(25)9-14-5-3-1-2-4-6-14/h7-8,10,14,26H,1-6,9,11-13H2,(H,23,25). The van der Waals surface area contributed by atoms with E-state index in [1.807, 2.05) is 10.8 Å². The Morgan fingerprint density at radius 1 is 1.33 bits per heavy atom. The van der Waals surface area contributed by atoms with Gasteiger partial charge in [0.1, 0.15) is 11.2 Å². The highest BCUT2D eigenvalue weighted by Gasteiger charge is 2.37. The lowest BCUT2D eigenvalue weighted by atomic mass is 9.96. The number of aliphatic hydroxyl groups is 1. The van der Waals surface area contributed by atoms with Crippen molar-refractivity contribution in [2.75, 3.05) is 18.5 Å². The van der Waals surface area contributed by atoms with Gasteiger partial charge in [-0.3, -0.25) is 4.79 Å². The van der Waals surface area contributed by atoms with Crippen molar-refractivity contribution in [3.63, 3.8) is 0 Å². The molecule has 2 aliphatic rings. The Balaban J connectivity index is 1.54. The van der Waals surface area contributed by atoms with Gasteiger partial charge in [-0.15, -0.1) is 0 Å². The number of halogens is 1. The van der Waals surface area contributed by atoms with Crippen molar-refractivity contribution in [2.24, 2.45) is 5.92 Å². The summed E-state index contributed by atoms with van der Waals surface area (Å²) in [4.78, 5) is 17.1. The lowest BCUT2D eigenvalue weighted by molar-refractivity contribution is -0.184. The number of amides is 1. The fourth-order valence-corrected chi connectivity index (χ4v) is 4.41. The van der Waals surface area contributed by atoms with Crippen molar-refractivity contribution < 1.29 is 14.6 Å². The molecule has 3 heterocycles. The van der Waals surface area contributed by atoms with E-state index < -0.39 is 5.60 Å². The smallest absolute Gasteiger partial charge is 0.224 e. The Labute approximate surface area is 163 Å². The molecule has 0 atom stereocenters. The third-order valence-electron chi connectivity index (χ3n) is 5.64. The van der Waals surface area contributed by atoms with Crippen LogP contribution in [-0.2, 0) is 16.1 Å². The van der Waals surface area contributed by atoms with Crippen LogP contribution in [0.4, 0.5) is 5.69 Å². The number of pyridine rings is 1. The molecule has 0 spiro atoms. The molecule has 6 nitrogen and oxygen atoms in total.